The summed E-state index contributed by atoms with van der Waals surface area (Å²) in [6.45, 7) is 0.541. The van der Waals surface area contributed by atoms with E-state index in [0.29, 0.717) is 23.7 Å². The third kappa shape index (κ3) is 5.65. The Kier molecular flexibility index (Phi) is 7.29. The summed E-state index contributed by atoms with van der Waals surface area (Å²) in [5.74, 6) is -3.41. The minimum Gasteiger partial charge on any atom is -0.508 e. The number of carbonyl (C=O) groups is 2. The van der Waals surface area contributed by atoms with Gasteiger partial charge < -0.3 is 20.5 Å². The highest BCUT2D eigenvalue weighted by Crippen LogP contribution is 2.36. The summed E-state index contributed by atoms with van der Waals surface area (Å²) in [5, 5.41) is 20.3. The van der Waals surface area contributed by atoms with Crippen LogP contribution in [0.25, 0.3) is 22.2 Å². The first-order valence-corrected chi connectivity index (χ1v) is 11.2. The van der Waals surface area contributed by atoms with Crippen LogP contribution < -0.4 is 5.73 Å². The van der Waals surface area contributed by atoms with Gasteiger partial charge in [-0.25, -0.2) is 13.6 Å². The number of aromatic hydroxyl groups is 1. The lowest BCUT2D eigenvalue weighted by Crippen LogP contribution is -2.11. The zero-order valence-corrected chi connectivity index (χ0v) is 19.4. The number of benzene rings is 4. The van der Waals surface area contributed by atoms with Crippen molar-refractivity contribution in [1.82, 2.24) is 4.57 Å². The van der Waals surface area contributed by atoms with Crippen LogP contribution >= 0.6 is 0 Å². The quantitative estimate of drug-likeness (QED) is 0.283. The normalized spacial score (nSPS) is 10.5. The second kappa shape index (κ2) is 10.7. The molecule has 4 N–H and O–H groups in total. The predicted octanol–water partition coefficient (Wildman–Crippen LogP) is 5.82. The van der Waals surface area contributed by atoms with Gasteiger partial charge in [0.1, 0.15) is 17.4 Å². The first kappa shape index (κ1) is 25.1. The Bertz CT molecular complexity index is 1560. The molecule has 0 bridgehead atoms. The van der Waals surface area contributed by atoms with Crippen LogP contribution in [0.1, 0.15) is 26.3 Å². The van der Waals surface area contributed by atoms with E-state index < -0.39 is 23.5 Å². The molecule has 186 valence electrons. The number of hydrogen-bond donors (Lipinski definition) is 3. The van der Waals surface area contributed by atoms with E-state index in [1.807, 2.05) is 65.2 Å². The number of phenols is 1. The molecule has 0 radical (unpaired) electrons. The number of carboxylic acids is 1. The number of primary amides is 1. The third-order valence-electron chi connectivity index (χ3n) is 5.64. The fourth-order valence-corrected chi connectivity index (χ4v) is 4.08. The fourth-order valence-electron chi connectivity index (χ4n) is 4.08. The summed E-state index contributed by atoms with van der Waals surface area (Å²) in [5.41, 5.74) is 8.15. The Morgan fingerprint density at radius 3 is 1.97 bits per heavy atom. The molecule has 0 saturated carbocycles. The zero-order valence-electron chi connectivity index (χ0n) is 19.4. The van der Waals surface area contributed by atoms with Gasteiger partial charge in [-0.2, -0.15) is 0 Å². The van der Waals surface area contributed by atoms with E-state index in [0.717, 1.165) is 28.8 Å². The van der Waals surface area contributed by atoms with Gasteiger partial charge in [-0.3, -0.25) is 4.79 Å². The number of amides is 1. The van der Waals surface area contributed by atoms with Crippen molar-refractivity contribution < 1.29 is 28.6 Å². The van der Waals surface area contributed by atoms with Gasteiger partial charge in [-0.05, 0) is 41.5 Å². The van der Waals surface area contributed by atoms with Gasteiger partial charge in [0.2, 0.25) is 5.91 Å². The molecule has 4 aromatic carbocycles. The minimum atomic E-state index is -1.01. The lowest BCUT2D eigenvalue weighted by atomic mass is 10.1. The molecule has 1 amide bonds. The first-order valence-electron chi connectivity index (χ1n) is 11.2. The standard InChI is InChI=1S/C22H17NO3.C7H5F2NO/c24-17-11-12-19-18(13-17)20(22(25)26)21(16-9-5-2-6-10-16)23(19)14-15-7-3-1-4-8-15;8-5-1-4(7(10)11)2-6(9)3-5/h1-13,24H,14H2,(H,25,26);1-3H,(H2,10,11). The van der Waals surface area contributed by atoms with Crippen molar-refractivity contribution >= 4 is 22.8 Å². The summed E-state index contributed by atoms with van der Waals surface area (Å²) in [4.78, 5) is 22.5. The second-order valence-electron chi connectivity index (χ2n) is 8.19. The molecule has 5 aromatic rings. The number of aromatic carboxylic acids is 1. The van der Waals surface area contributed by atoms with Gasteiger partial charge >= 0.3 is 5.97 Å². The molecule has 0 aliphatic carbocycles. The number of phenolic OH excluding ortho intramolecular Hbond substituents is 1. The van der Waals surface area contributed by atoms with Crippen LogP contribution in [0.15, 0.2) is 97.1 Å². The Hall–Kier alpha value is -4.98. The topological polar surface area (TPSA) is 106 Å². The molecule has 0 aliphatic heterocycles. The molecular formula is C29H22F2N2O4. The van der Waals surface area contributed by atoms with Crippen molar-refractivity contribution in [2.24, 2.45) is 5.73 Å². The van der Waals surface area contributed by atoms with Gasteiger partial charge in [0.15, 0.2) is 0 Å². The molecule has 0 atom stereocenters. The highest BCUT2D eigenvalue weighted by atomic mass is 19.1. The van der Waals surface area contributed by atoms with Crippen molar-refractivity contribution in [3.8, 4) is 17.0 Å². The van der Waals surface area contributed by atoms with Crippen molar-refractivity contribution in [3.05, 3.63) is 125 Å². The van der Waals surface area contributed by atoms with E-state index in [1.54, 1.807) is 12.1 Å². The Morgan fingerprint density at radius 1 is 0.811 bits per heavy atom. The van der Waals surface area contributed by atoms with Crippen molar-refractivity contribution in [3.63, 3.8) is 0 Å². The lowest BCUT2D eigenvalue weighted by molar-refractivity contribution is 0.0699. The molecular weight excluding hydrogens is 478 g/mol. The number of hydrogen-bond acceptors (Lipinski definition) is 3. The smallest absolute Gasteiger partial charge is 0.338 e. The number of nitrogens with two attached hydrogens (primary N) is 1. The molecule has 8 heteroatoms. The second-order valence-corrected chi connectivity index (χ2v) is 8.19. The highest BCUT2D eigenvalue weighted by molar-refractivity contribution is 6.10. The molecule has 0 saturated heterocycles. The van der Waals surface area contributed by atoms with Gasteiger partial charge in [0, 0.05) is 29.1 Å². The highest BCUT2D eigenvalue weighted by Gasteiger charge is 2.23. The molecule has 0 fully saturated rings. The summed E-state index contributed by atoms with van der Waals surface area (Å²) in [6, 6.07) is 26.7. The summed E-state index contributed by atoms with van der Waals surface area (Å²) < 4.78 is 26.7. The Labute approximate surface area is 210 Å². The van der Waals surface area contributed by atoms with E-state index in [-0.39, 0.29) is 16.9 Å². The number of aromatic nitrogens is 1. The molecule has 1 heterocycles. The predicted molar refractivity (Wildman–Crippen MR) is 136 cm³/mol. The minimum absolute atomic E-state index is 0.0523. The van der Waals surface area contributed by atoms with E-state index in [9.17, 15) is 28.6 Å². The van der Waals surface area contributed by atoms with E-state index in [2.05, 4.69) is 0 Å². The van der Waals surface area contributed by atoms with Crippen LogP contribution in [0.4, 0.5) is 8.78 Å². The van der Waals surface area contributed by atoms with Crippen LogP contribution in [-0.4, -0.2) is 26.7 Å². The van der Waals surface area contributed by atoms with Crippen molar-refractivity contribution in [2.45, 2.75) is 6.54 Å². The number of fused-ring (bicyclic) bond motifs is 1. The SMILES string of the molecule is NC(=O)c1cc(F)cc(F)c1.O=C(O)c1c(-c2ccccc2)n(Cc2ccccc2)c2ccc(O)cc12. The number of rotatable bonds is 5. The molecule has 0 aliphatic rings. The van der Waals surface area contributed by atoms with Crippen LogP contribution in [-0.2, 0) is 6.54 Å². The summed E-state index contributed by atoms with van der Waals surface area (Å²) in [7, 11) is 0. The molecule has 0 spiro atoms. The van der Waals surface area contributed by atoms with Gasteiger partial charge in [0.05, 0.1) is 11.3 Å². The Balaban J connectivity index is 0.000000245. The Morgan fingerprint density at radius 2 is 1.41 bits per heavy atom. The number of halogens is 2. The number of carbonyl (C=O) groups excluding carboxylic acids is 1. The van der Waals surface area contributed by atoms with Gasteiger partial charge in [-0.1, -0.05) is 60.7 Å². The molecule has 1 aromatic heterocycles. The van der Waals surface area contributed by atoms with E-state index in [1.165, 1.54) is 6.07 Å². The monoisotopic (exact) mass is 500 g/mol. The molecule has 5 rings (SSSR count). The average molecular weight is 501 g/mol. The van der Waals surface area contributed by atoms with Crippen LogP contribution in [0, 0.1) is 11.6 Å². The summed E-state index contributed by atoms with van der Waals surface area (Å²) >= 11 is 0. The average Bonchev–Trinajstić information content (AvgIpc) is 3.18. The van der Waals surface area contributed by atoms with Crippen molar-refractivity contribution in [1.29, 1.82) is 0 Å². The zero-order chi connectivity index (χ0) is 26.5. The summed E-state index contributed by atoms with van der Waals surface area (Å²) in [6.07, 6.45) is 0. The maximum absolute atomic E-state index is 12.3. The maximum atomic E-state index is 12.3. The number of carboxylic acid groups (broad SMARTS) is 1. The van der Waals surface area contributed by atoms with Crippen molar-refractivity contribution in [2.75, 3.05) is 0 Å². The van der Waals surface area contributed by atoms with Gasteiger partial charge in [0.25, 0.3) is 0 Å². The lowest BCUT2D eigenvalue weighted by Gasteiger charge is -2.12. The van der Waals surface area contributed by atoms with E-state index >= 15 is 0 Å². The van der Waals surface area contributed by atoms with Gasteiger partial charge in [-0.15, -0.1) is 0 Å². The van der Waals surface area contributed by atoms with E-state index in [4.69, 9.17) is 5.73 Å². The fraction of sp³-hybridized carbons (Fsp3) is 0.0345. The first-order chi connectivity index (χ1) is 17.7. The third-order valence-corrected chi connectivity index (χ3v) is 5.64. The number of nitrogens with zero attached hydrogens (tertiary/aromatic N) is 1. The largest absolute Gasteiger partial charge is 0.508 e. The molecule has 0 unspecified atom stereocenters. The molecule has 37 heavy (non-hydrogen) atoms. The maximum Gasteiger partial charge on any atom is 0.338 e. The van der Waals surface area contributed by atoms with Crippen LogP contribution in [0.5, 0.6) is 5.75 Å². The molecule has 6 nitrogen and oxygen atoms in total. The van der Waals surface area contributed by atoms with Crippen LogP contribution in [0.3, 0.4) is 0 Å². The van der Waals surface area contributed by atoms with Crippen LogP contribution in [0.2, 0.25) is 0 Å².